The highest BCUT2D eigenvalue weighted by Gasteiger charge is 2.59. The fourth-order valence-electron chi connectivity index (χ4n) is 11.5. The van der Waals surface area contributed by atoms with Crippen LogP contribution in [0.15, 0.2) is 237 Å². The summed E-state index contributed by atoms with van der Waals surface area (Å²) in [4.78, 5) is 5.28. The minimum Gasteiger partial charge on any atom is -0.248 e. The Balaban J connectivity index is 1.02. The molecule has 13 rings (SSSR count). The minimum atomic E-state index is -0.510. The van der Waals surface area contributed by atoms with E-state index in [0.29, 0.717) is 0 Å². The van der Waals surface area contributed by atoms with Crippen molar-refractivity contribution in [1.29, 1.82) is 0 Å². The van der Waals surface area contributed by atoms with E-state index in [1.807, 2.05) is 0 Å². The fourth-order valence-corrected chi connectivity index (χ4v) is 11.5. The summed E-state index contributed by atoms with van der Waals surface area (Å²) in [6.07, 6.45) is 0. The Morgan fingerprint density at radius 3 is 1.44 bits per heavy atom. The predicted molar refractivity (Wildman–Crippen MR) is 254 cm³/mol. The van der Waals surface area contributed by atoms with Crippen molar-refractivity contribution in [3.05, 3.63) is 281 Å². The van der Waals surface area contributed by atoms with Crippen molar-refractivity contribution in [2.24, 2.45) is 0 Å². The van der Waals surface area contributed by atoms with Crippen molar-refractivity contribution < 1.29 is 0 Å². The first kappa shape index (κ1) is 34.9. The van der Waals surface area contributed by atoms with Gasteiger partial charge in [0.15, 0.2) is 0 Å². The van der Waals surface area contributed by atoms with Crippen LogP contribution in [0.1, 0.15) is 44.5 Å². The molecule has 1 heteroatoms. The fraction of sp³-hybridized carbons (Fsp3) is 0.0328. The van der Waals surface area contributed by atoms with Crippen LogP contribution in [0.5, 0.6) is 0 Å². The van der Waals surface area contributed by atoms with Gasteiger partial charge in [0.1, 0.15) is 0 Å². The molecule has 0 bridgehead atoms. The van der Waals surface area contributed by atoms with Crippen LogP contribution in [0.4, 0.5) is 0 Å². The second-order valence-electron chi connectivity index (χ2n) is 16.9. The Labute approximate surface area is 362 Å². The summed E-state index contributed by atoms with van der Waals surface area (Å²) in [6.45, 7) is 0. The Bertz CT molecular complexity index is 3350. The van der Waals surface area contributed by atoms with Gasteiger partial charge in [0.2, 0.25) is 0 Å². The van der Waals surface area contributed by atoms with Crippen molar-refractivity contribution in [3.63, 3.8) is 0 Å². The van der Waals surface area contributed by atoms with Gasteiger partial charge >= 0.3 is 0 Å². The highest BCUT2D eigenvalue weighted by atomic mass is 14.7. The normalized spacial score (nSPS) is 17.2. The zero-order chi connectivity index (χ0) is 40.8. The number of hydrogen-bond donors (Lipinski definition) is 0. The zero-order valence-corrected chi connectivity index (χ0v) is 34.0. The molecule has 0 fully saturated rings. The maximum absolute atomic E-state index is 5.28. The Morgan fingerprint density at radius 1 is 0.242 bits per heavy atom. The summed E-state index contributed by atoms with van der Waals surface area (Å²) in [6, 6.07) is 87.7. The van der Waals surface area contributed by atoms with Crippen molar-refractivity contribution in [3.8, 4) is 67.0 Å². The van der Waals surface area contributed by atoms with Gasteiger partial charge in [-0.15, -0.1) is 0 Å². The lowest BCUT2D eigenvalue weighted by Gasteiger charge is -2.48. The molecule has 62 heavy (non-hydrogen) atoms. The number of benzene rings is 9. The third-order valence-corrected chi connectivity index (χ3v) is 13.9. The molecule has 9 aromatic carbocycles. The van der Waals surface area contributed by atoms with Gasteiger partial charge in [-0.2, -0.15) is 0 Å². The van der Waals surface area contributed by atoms with E-state index in [-0.39, 0.29) is 0 Å². The largest absolute Gasteiger partial charge is 0.248 e. The smallest absolute Gasteiger partial charge is 0.0720 e. The third kappa shape index (κ3) is 4.71. The van der Waals surface area contributed by atoms with Gasteiger partial charge in [-0.3, -0.25) is 0 Å². The van der Waals surface area contributed by atoms with Crippen molar-refractivity contribution in [2.45, 2.75) is 10.8 Å². The molecule has 1 nitrogen and oxygen atoms in total. The SMILES string of the molecule is c1ccc(-c2cc(-c3ccccc3)nc(-c3cccc(-c4ccc5c(c4)-c4ccccc4C54c5ccccc5C5(c6ccccc6)c6ccccc6-c6cccc4c65)c3)c2)cc1. The standard InChI is InChI=1S/C61H39N/c1-4-18-40(19-5-1)45-38-57(41-20-6-2-7-21-41)62-58(39-45)44-23-16-22-42(36-44)43-34-35-53-50(37-43)48-27-11-13-30-52(48)61(53)55-32-15-14-31-54(55)60(46-24-8-3-9-25-46)51-29-12-10-26-47(51)49-28-17-33-56(61)59(49)60/h1-39H. The van der Waals surface area contributed by atoms with Crippen LogP contribution >= 0.6 is 0 Å². The number of nitrogens with zero attached hydrogens (tertiary/aromatic N) is 1. The lowest BCUT2D eigenvalue weighted by molar-refractivity contribution is 0.636. The second kappa shape index (κ2) is 13.3. The van der Waals surface area contributed by atoms with Crippen molar-refractivity contribution in [1.82, 2.24) is 4.98 Å². The molecule has 0 radical (unpaired) electrons. The average molecular weight is 786 g/mol. The summed E-state index contributed by atoms with van der Waals surface area (Å²) < 4.78 is 0. The van der Waals surface area contributed by atoms with Gasteiger partial charge in [-0.25, -0.2) is 4.98 Å². The molecule has 2 unspecified atom stereocenters. The van der Waals surface area contributed by atoms with Crippen LogP contribution in [-0.2, 0) is 10.8 Å². The molecule has 0 saturated carbocycles. The first-order valence-electron chi connectivity index (χ1n) is 21.6. The van der Waals surface area contributed by atoms with Crippen molar-refractivity contribution >= 4 is 0 Å². The quantitative estimate of drug-likeness (QED) is 0.169. The van der Waals surface area contributed by atoms with Gasteiger partial charge in [-0.05, 0) is 113 Å². The molecule has 0 N–H and O–H groups in total. The van der Waals surface area contributed by atoms with Gasteiger partial charge in [-0.1, -0.05) is 212 Å². The molecule has 0 aliphatic heterocycles. The predicted octanol–water partition coefficient (Wildman–Crippen LogP) is 14.8. The molecule has 3 aliphatic carbocycles. The molecule has 1 heterocycles. The third-order valence-electron chi connectivity index (χ3n) is 13.9. The van der Waals surface area contributed by atoms with Crippen molar-refractivity contribution in [2.75, 3.05) is 0 Å². The molecule has 3 aliphatic rings. The van der Waals surface area contributed by atoms with E-state index in [0.717, 1.165) is 28.1 Å². The van der Waals surface area contributed by atoms with Gasteiger partial charge in [0, 0.05) is 11.1 Å². The number of aromatic nitrogens is 1. The molecule has 0 amide bonds. The van der Waals surface area contributed by atoms with Gasteiger partial charge < -0.3 is 0 Å². The molecule has 2 atom stereocenters. The number of fused-ring (bicyclic) bond motifs is 12. The van der Waals surface area contributed by atoms with E-state index in [2.05, 4.69) is 237 Å². The first-order chi connectivity index (χ1) is 30.7. The highest BCUT2D eigenvalue weighted by Crippen LogP contribution is 2.68. The zero-order valence-electron chi connectivity index (χ0n) is 34.0. The van der Waals surface area contributed by atoms with E-state index in [4.69, 9.17) is 4.98 Å². The summed E-state index contributed by atoms with van der Waals surface area (Å²) in [5.41, 5.74) is 23.9. The number of rotatable bonds is 5. The monoisotopic (exact) mass is 785 g/mol. The van der Waals surface area contributed by atoms with Crippen LogP contribution < -0.4 is 0 Å². The maximum atomic E-state index is 5.28. The molecule has 288 valence electrons. The molecular formula is C61H39N. The van der Waals surface area contributed by atoms with Crippen LogP contribution in [0.3, 0.4) is 0 Å². The molecule has 10 aromatic rings. The summed E-state index contributed by atoms with van der Waals surface area (Å²) >= 11 is 0. The summed E-state index contributed by atoms with van der Waals surface area (Å²) in [5, 5.41) is 0. The Kier molecular flexibility index (Phi) is 7.50. The average Bonchev–Trinajstić information content (AvgIpc) is 3.83. The van der Waals surface area contributed by atoms with E-state index < -0.39 is 10.8 Å². The number of hydrogen-bond acceptors (Lipinski definition) is 1. The lowest BCUT2D eigenvalue weighted by atomic mass is 9.52. The van der Waals surface area contributed by atoms with E-state index in [9.17, 15) is 0 Å². The number of pyridine rings is 1. The minimum absolute atomic E-state index is 0.448. The first-order valence-corrected chi connectivity index (χ1v) is 21.6. The van der Waals surface area contributed by atoms with E-state index >= 15 is 0 Å². The molecule has 0 saturated heterocycles. The summed E-state index contributed by atoms with van der Waals surface area (Å²) in [5.74, 6) is 0. The van der Waals surface area contributed by atoms with Crippen LogP contribution in [0.2, 0.25) is 0 Å². The van der Waals surface area contributed by atoms with Crippen LogP contribution in [0, 0.1) is 0 Å². The molecular weight excluding hydrogens is 747 g/mol. The second-order valence-corrected chi connectivity index (χ2v) is 16.9. The lowest BCUT2D eigenvalue weighted by Crippen LogP contribution is -2.43. The summed E-state index contributed by atoms with van der Waals surface area (Å²) in [7, 11) is 0. The van der Waals surface area contributed by atoms with E-state index in [1.54, 1.807) is 0 Å². The Hall–Kier alpha value is -7.87. The van der Waals surface area contributed by atoms with Crippen LogP contribution in [0.25, 0.3) is 67.0 Å². The van der Waals surface area contributed by atoms with Gasteiger partial charge in [0.05, 0.1) is 22.2 Å². The maximum Gasteiger partial charge on any atom is 0.0720 e. The van der Waals surface area contributed by atoms with E-state index in [1.165, 1.54) is 83.5 Å². The van der Waals surface area contributed by atoms with Crippen LogP contribution in [-0.4, -0.2) is 4.98 Å². The highest BCUT2D eigenvalue weighted by molar-refractivity contribution is 5.96. The molecule has 1 aromatic heterocycles. The molecule has 1 spiro atoms. The van der Waals surface area contributed by atoms with Gasteiger partial charge in [0.25, 0.3) is 0 Å². The topological polar surface area (TPSA) is 12.9 Å². The Morgan fingerprint density at radius 2 is 0.710 bits per heavy atom.